The fraction of sp³-hybridized carbons (Fsp3) is 0.308. The van der Waals surface area contributed by atoms with Gasteiger partial charge in [-0.05, 0) is 161 Å². The van der Waals surface area contributed by atoms with Gasteiger partial charge in [0.2, 0.25) is 0 Å². The Kier molecular flexibility index (Phi) is 6.53. The van der Waals surface area contributed by atoms with Gasteiger partial charge in [-0.25, -0.2) is 0 Å². The molecule has 53 heavy (non-hydrogen) atoms. The molecule has 0 aliphatic heterocycles. The second-order valence-corrected chi connectivity index (χ2v) is 17.6. The number of hydrogen-bond acceptors (Lipinski definition) is 1. The first-order valence-corrected chi connectivity index (χ1v) is 20.7. The maximum atomic E-state index is 2.66. The van der Waals surface area contributed by atoms with Gasteiger partial charge in [0.25, 0.3) is 0 Å². The van der Waals surface area contributed by atoms with Gasteiger partial charge in [0.05, 0.1) is 0 Å². The van der Waals surface area contributed by atoms with Crippen LogP contribution in [0.15, 0.2) is 140 Å². The first kappa shape index (κ1) is 30.6. The van der Waals surface area contributed by atoms with E-state index in [2.05, 4.69) is 144 Å². The molecule has 0 N–H and O–H groups in total. The monoisotopic (exact) mass is 685 g/mol. The van der Waals surface area contributed by atoms with Crippen LogP contribution in [0.1, 0.15) is 86.5 Å². The van der Waals surface area contributed by atoms with Crippen molar-refractivity contribution in [2.45, 2.75) is 75.0 Å². The molecule has 0 atom stereocenters. The number of benzene rings is 6. The van der Waals surface area contributed by atoms with Gasteiger partial charge in [-0.15, -0.1) is 0 Å². The van der Waals surface area contributed by atoms with Crippen LogP contribution in [0, 0.1) is 23.7 Å². The lowest BCUT2D eigenvalue weighted by molar-refractivity contribution is -0.0399. The third-order valence-electron chi connectivity index (χ3n) is 15.2. The quantitative estimate of drug-likeness (QED) is 0.179. The van der Waals surface area contributed by atoms with E-state index in [9.17, 15) is 0 Å². The highest BCUT2D eigenvalue weighted by atomic mass is 15.1. The zero-order valence-corrected chi connectivity index (χ0v) is 30.6. The molecule has 0 unspecified atom stereocenters. The van der Waals surface area contributed by atoms with Crippen LogP contribution in [-0.2, 0) is 10.8 Å². The minimum absolute atomic E-state index is 0.136. The maximum Gasteiger partial charge on any atom is 0.0468 e. The Balaban J connectivity index is 1.07. The second kappa shape index (κ2) is 11.3. The zero-order valence-electron chi connectivity index (χ0n) is 30.6. The van der Waals surface area contributed by atoms with Crippen LogP contribution in [0.25, 0.3) is 33.4 Å². The Hall–Kier alpha value is -4.88. The van der Waals surface area contributed by atoms with Crippen molar-refractivity contribution >= 4 is 17.1 Å². The summed E-state index contributed by atoms with van der Waals surface area (Å²) < 4.78 is 0. The maximum absolute atomic E-state index is 2.66. The second-order valence-electron chi connectivity index (χ2n) is 17.6. The summed E-state index contributed by atoms with van der Waals surface area (Å²) in [5.41, 5.74) is 18.8. The molecule has 1 nitrogen and oxygen atoms in total. The molecule has 2 spiro atoms. The SMILES string of the molecule is c1ccc(-c2cccc(N(c3ccc4c(c3)-c3ccccc3C43CCCCC3)c3ccc4c(c3)C3(c5ccccc5-4)C4CC5CC(C4)CC3C5)c2)cc1. The fourth-order valence-corrected chi connectivity index (χ4v) is 13.5. The molecule has 0 aromatic heterocycles. The van der Waals surface area contributed by atoms with Gasteiger partial charge in [-0.2, -0.15) is 0 Å². The third-order valence-corrected chi connectivity index (χ3v) is 15.2. The van der Waals surface area contributed by atoms with Gasteiger partial charge in [0.1, 0.15) is 0 Å². The molecular formula is C52H47N. The molecule has 6 aromatic rings. The molecule has 0 radical (unpaired) electrons. The van der Waals surface area contributed by atoms with Crippen molar-refractivity contribution in [1.29, 1.82) is 0 Å². The number of fused-ring (bicyclic) bond motifs is 8. The molecule has 6 aromatic carbocycles. The number of nitrogens with zero attached hydrogens (tertiary/aromatic N) is 1. The van der Waals surface area contributed by atoms with Crippen molar-refractivity contribution in [1.82, 2.24) is 0 Å². The molecule has 7 aliphatic rings. The first-order valence-electron chi connectivity index (χ1n) is 20.7. The summed E-state index contributed by atoms with van der Waals surface area (Å²) in [5, 5.41) is 0. The summed E-state index contributed by atoms with van der Waals surface area (Å²) in [5.74, 6) is 3.35. The van der Waals surface area contributed by atoms with Crippen molar-refractivity contribution in [2.75, 3.05) is 4.90 Å². The van der Waals surface area contributed by atoms with Gasteiger partial charge in [0, 0.05) is 27.9 Å². The van der Waals surface area contributed by atoms with E-state index in [-0.39, 0.29) is 10.8 Å². The predicted octanol–water partition coefficient (Wildman–Crippen LogP) is 13.8. The van der Waals surface area contributed by atoms with E-state index in [1.807, 2.05) is 0 Å². The molecular weight excluding hydrogens is 639 g/mol. The van der Waals surface area contributed by atoms with E-state index >= 15 is 0 Å². The Morgan fingerprint density at radius 2 is 0.981 bits per heavy atom. The highest BCUT2D eigenvalue weighted by Gasteiger charge is 2.61. The van der Waals surface area contributed by atoms with Gasteiger partial charge in [-0.3, -0.25) is 0 Å². The Morgan fingerprint density at radius 3 is 1.75 bits per heavy atom. The molecule has 5 saturated carbocycles. The van der Waals surface area contributed by atoms with Crippen LogP contribution in [0.4, 0.5) is 17.1 Å². The van der Waals surface area contributed by atoms with Crippen molar-refractivity contribution in [2.24, 2.45) is 23.7 Å². The van der Waals surface area contributed by atoms with Gasteiger partial charge in [-0.1, -0.05) is 122 Å². The summed E-state index contributed by atoms with van der Waals surface area (Å²) in [6.45, 7) is 0. The predicted molar refractivity (Wildman–Crippen MR) is 219 cm³/mol. The molecule has 13 rings (SSSR count). The molecule has 0 heterocycles. The lowest BCUT2D eigenvalue weighted by Crippen LogP contribution is -2.55. The van der Waals surface area contributed by atoms with Crippen LogP contribution in [-0.4, -0.2) is 0 Å². The van der Waals surface area contributed by atoms with Gasteiger partial charge < -0.3 is 4.90 Å². The van der Waals surface area contributed by atoms with Crippen LogP contribution in [0.3, 0.4) is 0 Å². The summed E-state index contributed by atoms with van der Waals surface area (Å²) in [7, 11) is 0. The summed E-state index contributed by atoms with van der Waals surface area (Å²) >= 11 is 0. The molecule has 4 bridgehead atoms. The number of anilines is 3. The van der Waals surface area contributed by atoms with Crippen LogP contribution in [0.2, 0.25) is 0 Å². The van der Waals surface area contributed by atoms with Crippen molar-refractivity contribution < 1.29 is 0 Å². The Labute approximate surface area is 314 Å². The van der Waals surface area contributed by atoms with E-state index in [1.54, 1.807) is 22.3 Å². The standard InChI is InChI=1S/C52H47N/c1-3-12-36(13-4-1)37-14-11-15-40(31-37)53(41-21-23-48-46(32-41)44-17-5-7-18-47(44)51(48)24-9-2-10-25-51)42-20-22-45-43-16-6-8-19-49(43)52(50(45)33-42)38-27-34-26-35(29-38)30-39(52)28-34/h1,3-8,11-23,31-35,38-39H,2,9-10,24-30H2. The average Bonchev–Trinajstić information content (AvgIpc) is 3.64. The molecule has 5 fully saturated rings. The molecule has 0 amide bonds. The van der Waals surface area contributed by atoms with Crippen molar-refractivity contribution in [3.63, 3.8) is 0 Å². The highest BCUT2D eigenvalue weighted by molar-refractivity contribution is 5.90. The highest BCUT2D eigenvalue weighted by Crippen LogP contribution is 2.69. The van der Waals surface area contributed by atoms with Crippen LogP contribution >= 0.6 is 0 Å². The lowest BCUT2D eigenvalue weighted by atomic mass is 9.43. The van der Waals surface area contributed by atoms with E-state index < -0.39 is 0 Å². The van der Waals surface area contributed by atoms with E-state index in [4.69, 9.17) is 0 Å². The molecule has 0 saturated heterocycles. The number of rotatable bonds is 4. The Bertz CT molecular complexity index is 2380. The molecule has 1 heteroatoms. The summed E-state index contributed by atoms with van der Waals surface area (Å²) in [6, 6.07) is 54.2. The minimum Gasteiger partial charge on any atom is -0.310 e. The molecule has 260 valence electrons. The smallest absolute Gasteiger partial charge is 0.0468 e. The van der Waals surface area contributed by atoms with Crippen molar-refractivity contribution in [3.8, 4) is 33.4 Å². The minimum atomic E-state index is 0.136. The fourth-order valence-electron chi connectivity index (χ4n) is 13.5. The first-order chi connectivity index (χ1) is 26.2. The Morgan fingerprint density at radius 1 is 0.396 bits per heavy atom. The van der Waals surface area contributed by atoms with E-state index in [1.165, 1.54) is 115 Å². The normalized spacial score (nSPS) is 26.3. The lowest BCUT2D eigenvalue weighted by Gasteiger charge is -2.61. The summed E-state index contributed by atoms with van der Waals surface area (Å²) in [4.78, 5) is 2.59. The van der Waals surface area contributed by atoms with Gasteiger partial charge in [0.15, 0.2) is 0 Å². The number of hydrogen-bond donors (Lipinski definition) is 0. The third kappa shape index (κ3) is 4.20. The topological polar surface area (TPSA) is 3.24 Å². The summed E-state index contributed by atoms with van der Waals surface area (Å²) in [6.07, 6.45) is 13.6. The average molecular weight is 686 g/mol. The van der Waals surface area contributed by atoms with E-state index in [0.29, 0.717) is 0 Å². The zero-order chi connectivity index (χ0) is 34.7. The molecule has 7 aliphatic carbocycles. The van der Waals surface area contributed by atoms with Crippen molar-refractivity contribution in [3.05, 3.63) is 162 Å². The van der Waals surface area contributed by atoms with Crippen LogP contribution < -0.4 is 4.90 Å². The van der Waals surface area contributed by atoms with E-state index in [0.717, 1.165) is 23.7 Å². The van der Waals surface area contributed by atoms with Gasteiger partial charge >= 0.3 is 0 Å². The largest absolute Gasteiger partial charge is 0.310 e. The van der Waals surface area contributed by atoms with Crippen LogP contribution in [0.5, 0.6) is 0 Å².